The van der Waals surface area contributed by atoms with Crippen LogP contribution in [0, 0.1) is 5.92 Å². The van der Waals surface area contributed by atoms with E-state index in [9.17, 15) is 14.4 Å². The molecule has 2 aromatic rings. The number of hydrogen-bond donors (Lipinski definition) is 1. The van der Waals surface area contributed by atoms with Gasteiger partial charge in [-0.25, -0.2) is 4.79 Å². The molecule has 1 unspecified atom stereocenters. The zero-order chi connectivity index (χ0) is 18.7. The van der Waals surface area contributed by atoms with Crippen LogP contribution in [0.5, 0.6) is 0 Å². The van der Waals surface area contributed by atoms with Gasteiger partial charge in [0.15, 0.2) is 0 Å². The van der Waals surface area contributed by atoms with Crippen molar-refractivity contribution in [3.8, 4) is 0 Å². The quantitative estimate of drug-likeness (QED) is 0.792. The van der Waals surface area contributed by atoms with Gasteiger partial charge in [-0.1, -0.05) is 13.8 Å². The Morgan fingerprint density at radius 2 is 2.19 bits per heavy atom. The Morgan fingerprint density at radius 3 is 2.88 bits per heavy atom. The van der Waals surface area contributed by atoms with Gasteiger partial charge in [-0.15, -0.1) is 11.3 Å². The van der Waals surface area contributed by atoms with Gasteiger partial charge in [0.05, 0.1) is 11.6 Å². The normalized spacial score (nSPS) is 17.3. The number of amides is 1. The van der Waals surface area contributed by atoms with Crippen molar-refractivity contribution in [3.63, 3.8) is 0 Å². The minimum Gasteiger partial charge on any atom is -0.376 e. The molecule has 1 aliphatic rings. The second-order valence-corrected chi connectivity index (χ2v) is 8.00. The summed E-state index contributed by atoms with van der Waals surface area (Å²) in [6, 6.07) is 1.73. The largest absolute Gasteiger partial charge is 0.376 e. The molecule has 7 nitrogen and oxygen atoms in total. The zero-order valence-electron chi connectivity index (χ0n) is 15.2. The first-order valence-corrected chi connectivity index (χ1v) is 9.94. The molecule has 0 aliphatic carbocycles. The summed E-state index contributed by atoms with van der Waals surface area (Å²) >= 11 is 1.30. The van der Waals surface area contributed by atoms with E-state index in [-0.39, 0.29) is 24.1 Å². The number of nitrogens with zero attached hydrogens (tertiary/aromatic N) is 2. The molecule has 26 heavy (non-hydrogen) atoms. The summed E-state index contributed by atoms with van der Waals surface area (Å²) in [5.74, 6) is 0.132. The Bertz CT molecular complexity index is 890. The lowest BCUT2D eigenvalue weighted by atomic mass is 10.1. The number of thiophene rings is 1. The molecule has 3 rings (SSSR count). The molecule has 1 N–H and O–H groups in total. The number of hydrogen-bond acceptors (Lipinski definition) is 5. The first-order chi connectivity index (χ1) is 12.5. The van der Waals surface area contributed by atoms with Crippen LogP contribution >= 0.6 is 11.3 Å². The van der Waals surface area contributed by atoms with Crippen LogP contribution in [0.2, 0.25) is 0 Å². The summed E-state index contributed by atoms with van der Waals surface area (Å²) in [6.45, 7) is 5.54. The van der Waals surface area contributed by atoms with Crippen LogP contribution in [-0.4, -0.2) is 34.3 Å². The van der Waals surface area contributed by atoms with Crippen LogP contribution in [0.1, 0.15) is 33.1 Å². The van der Waals surface area contributed by atoms with Gasteiger partial charge in [0, 0.05) is 19.7 Å². The summed E-state index contributed by atoms with van der Waals surface area (Å²) in [6.07, 6.45) is 2.74. The number of nitrogens with one attached hydrogen (secondary N) is 1. The van der Waals surface area contributed by atoms with Crippen LogP contribution < -0.4 is 16.6 Å². The SMILES string of the molecule is CC(C)CCn1c(=O)c2sccc2n(CC(=O)NCC2CCCO2)c1=O. The molecule has 1 saturated heterocycles. The molecule has 0 radical (unpaired) electrons. The van der Waals surface area contributed by atoms with Crippen LogP contribution in [0.4, 0.5) is 0 Å². The number of aromatic nitrogens is 2. The minimum atomic E-state index is -0.422. The van der Waals surface area contributed by atoms with Crippen LogP contribution in [0.3, 0.4) is 0 Å². The van der Waals surface area contributed by atoms with Crippen molar-refractivity contribution in [2.24, 2.45) is 5.92 Å². The predicted octanol–water partition coefficient (Wildman–Crippen LogP) is 1.57. The highest BCUT2D eigenvalue weighted by Crippen LogP contribution is 2.15. The smallest absolute Gasteiger partial charge is 0.332 e. The summed E-state index contributed by atoms with van der Waals surface area (Å²) < 4.78 is 8.67. The van der Waals surface area contributed by atoms with Gasteiger partial charge in [0.2, 0.25) is 5.91 Å². The number of rotatable bonds is 7. The lowest BCUT2D eigenvalue weighted by Crippen LogP contribution is -2.43. The lowest BCUT2D eigenvalue weighted by molar-refractivity contribution is -0.122. The van der Waals surface area contributed by atoms with Crippen molar-refractivity contribution < 1.29 is 9.53 Å². The molecular formula is C18H25N3O4S. The van der Waals surface area contributed by atoms with Crippen LogP contribution in [0.15, 0.2) is 21.0 Å². The summed E-state index contributed by atoms with van der Waals surface area (Å²) in [5, 5.41) is 4.61. The van der Waals surface area contributed by atoms with Gasteiger partial charge in [-0.05, 0) is 36.6 Å². The van der Waals surface area contributed by atoms with E-state index in [1.165, 1.54) is 20.5 Å². The van der Waals surface area contributed by atoms with Crippen molar-refractivity contribution in [2.75, 3.05) is 13.2 Å². The molecule has 2 aromatic heterocycles. The molecule has 1 amide bonds. The Hall–Kier alpha value is -1.93. The first kappa shape index (κ1) is 18.8. The average Bonchev–Trinajstić information content (AvgIpc) is 3.28. The van der Waals surface area contributed by atoms with E-state index in [4.69, 9.17) is 4.74 Å². The van der Waals surface area contributed by atoms with Gasteiger partial charge in [0.25, 0.3) is 5.56 Å². The summed E-state index contributed by atoms with van der Waals surface area (Å²) in [5.41, 5.74) is -0.163. The van der Waals surface area contributed by atoms with E-state index in [2.05, 4.69) is 5.32 Å². The molecule has 0 aromatic carbocycles. The maximum atomic E-state index is 12.8. The molecular weight excluding hydrogens is 354 g/mol. The Morgan fingerprint density at radius 1 is 1.38 bits per heavy atom. The van der Waals surface area contributed by atoms with E-state index < -0.39 is 5.69 Å². The van der Waals surface area contributed by atoms with Crippen molar-refractivity contribution in [3.05, 3.63) is 32.3 Å². The number of ether oxygens (including phenoxy) is 1. The molecule has 1 fully saturated rings. The van der Waals surface area contributed by atoms with Crippen molar-refractivity contribution in [2.45, 2.75) is 52.3 Å². The Balaban J connectivity index is 1.84. The van der Waals surface area contributed by atoms with Gasteiger partial charge >= 0.3 is 5.69 Å². The molecule has 1 atom stereocenters. The summed E-state index contributed by atoms with van der Waals surface area (Å²) in [4.78, 5) is 37.8. The molecule has 8 heteroatoms. The fraction of sp³-hybridized carbons (Fsp3) is 0.611. The molecule has 3 heterocycles. The first-order valence-electron chi connectivity index (χ1n) is 9.06. The fourth-order valence-electron chi connectivity index (χ4n) is 3.10. The third-order valence-corrected chi connectivity index (χ3v) is 5.51. The van der Waals surface area contributed by atoms with Crippen molar-refractivity contribution in [1.82, 2.24) is 14.5 Å². The van der Waals surface area contributed by atoms with E-state index in [1.807, 2.05) is 13.8 Å². The molecule has 142 valence electrons. The Kier molecular flexibility index (Phi) is 5.93. The predicted molar refractivity (Wildman–Crippen MR) is 102 cm³/mol. The second kappa shape index (κ2) is 8.18. The standard InChI is InChI=1S/C18H25N3O4S/c1-12(2)5-7-20-17(23)16-14(6-9-26-16)21(18(20)24)11-15(22)19-10-13-4-3-8-25-13/h6,9,12-13H,3-5,7-8,10-11H2,1-2H3,(H,19,22). The average molecular weight is 379 g/mol. The molecule has 0 bridgehead atoms. The fourth-order valence-corrected chi connectivity index (χ4v) is 3.95. The minimum absolute atomic E-state index is 0.0526. The highest BCUT2D eigenvalue weighted by Gasteiger charge is 2.19. The third-order valence-electron chi connectivity index (χ3n) is 4.62. The number of fused-ring (bicyclic) bond motifs is 1. The lowest BCUT2D eigenvalue weighted by Gasteiger charge is -2.14. The molecule has 0 saturated carbocycles. The van der Waals surface area contributed by atoms with Gasteiger partial charge in [0.1, 0.15) is 11.2 Å². The van der Waals surface area contributed by atoms with Gasteiger partial charge in [-0.2, -0.15) is 0 Å². The molecule has 1 aliphatic heterocycles. The highest BCUT2D eigenvalue weighted by molar-refractivity contribution is 7.17. The van der Waals surface area contributed by atoms with E-state index in [0.717, 1.165) is 25.9 Å². The van der Waals surface area contributed by atoms with E-state index in [1.54, 1.807) is 11.4 Å². The third kappa shape index (κ3) is 4.07. The zero-order valence-corrected chi connectivity index (χ0v) is 16.0. The van der Waals surface area contributed by atoms with E-state index >= 15 is 0 Å². The topological polar surface area (TPSA) is 82.3 Å². The number of carbonyl (C=O) groups excluding carboxylic acids is 1. The maximum absolute atomic E-state index is 12.8. The molecule has 0 spiro atoms. The monoisotopic (exact) mass is 379 g/mol. The van der Waals surface area contributed by atoms with Crippen molar-refractivity contribution >= 4 is 27.5 Å². The van der Waals surface area contributed by atoms with Crippen LogP contribution in [-0.2, 0) is 22.6 Å². The van der Waals surface area contributed by atoms with Gasteiger partial charge in [-0.3, -0.25) is 18.7 Å². The Labute approximate surface area is 155 Å². The van der Waals surface area contributed by atoms with Crippen molar-refractivity contribution in [1.29, 1.82) is 0 Å². The van der Waals surface area contributed by atoms with E-state index in [0.29, 0.717) is 29.2 Å². The van der Waals surface area contributed by atoms with Crippen LogP contribution in [0.25, 0.3) is 10.2 Å². The number of carbonyl (C=O) groups is 1. The second-order valence-electron chi connectivity index (χ2n) is 7.08. The summed E-state index contributed by atoms with van der Waals surface area (Å²) in [7, 11) is 0. The van der Waals surface area contributed by atoms with Gasteiger partial charge < -0.3 is 10.1 Å². The highest BCUT2D eigenvalue weighted by atomic mass is 32.1. The maximum Gasteiger partial charge on any atom is 0.332 e.